The molecule has 0 spiro atoms. The number of halogens is 2. The second-order valence-electron chi connectivity index (χ2n) is 6.63. The Labute approximate surface area is 184 Å². The number of nitrogen functional groups attached to an aromatic ring is 1. The predicted octanol–water partition coefficient (Wildman–Crippen LogP) is -0.303. The minimum atomic E-state index is -4.94. The number of aliphatic hydroxyl groups is 1. The van der Waals surface area contributed by atoms with E-state index in [1.165, 1.54) is 0 Å². The molecule has 1 aromatic heterocycles. The number of nitrogens with zero attached hydrogens (tertiary/aromatic N) is 2. The highest BCUT2D eigenvalue weighted by Crippen LogP contribution is 2.46. The van der Waals surface area contributed by atoms with Crippen molar-refractivity contribution in [3.05, 3.63) is 22.7 Å². The molecule has 2 heterocycles. The van der Waals surface area contributed by atoms with E-state index in [0.29, 0.717) is 11.0 Å². The van der Waals surface area contributed by atoms with Crippen molar-refractivity contribution in [2.24, 2.45) is 0 Å². The molecule has 0 saturated carbocycles. The van der Waals surface area contributed by atoms with Gasteiger partial charge >= 0.3 is 31.4 Å². The van der Waals surface area contributed by atoms with Crippen molar-refractivity contribution in [2.45, 2.75) is 44.1 Å². The van der Waals surface area contributed by atoms with Gasteiger partial charge in [0, 0.05) is 12.6 Å². The molecule has 1 aromatic rings. The molecule has 0 bridgehead atoms. The molecule has 186 valence electrons. The number of carbonyl (C=O) groups is 2. The van der Waals surface area contributed by atoms with Gasteiger partial charge in [0.2, 0.25) is 13.0 Å². The third-order valence-corrected chi connectivity index (χ3v) is 5.03. The van der Waals surface area contributed by atoms with Gasteiger partial charge in [-0.1, -0.05) is 6.92 Å². The maximum Gasteiger partial charge on any atom is 0.475 e. The Morgan fingerprint density at radius 3 is 2.67 bits per heavy atom. The van der Waals surface area contributed by atoms with E-state index >= 15 is 0 Å². The lowest BCUT2D eigenvalue weighted by atomic mass is 10.1. The van der Waals surface area contributed by atoms with E-state index in [1.54, 1.807) is 6.92 Å². The number of anilines is 1. The zero-order valence-corrected chi connectivity index (χ0v) is 18.1. The summed E-state index contributed by atoms with van der Waals surface area (Å²) < 4.78 is 63.8. The van der Waals surface area contributed by atoms with Gasteiger partial charge in [0.05, 0.1) is 6.61 Å². The summed E-state index contributed by atoms with van der Waals surface area (Å²) in [7, 11) is -4.94. The molecule has 14 nitrogen and oxygen atoms in total. The van der Waals surface area contributed by atoms with Crippen LogP contribution in [0.1, 0.15) is 26.0 Å². The smallest absolute Gasteiger partial charge is 0.454 e. The van der Waals surface area contributed by atoms with Crippen LogP contribution in [0.5, 0.6) is 0 Å². The van der Waals surface area contributed by atoms with Gasteiger partial charge in [0.25, 0.3) is 0 Å². The summed E-state index contributed by atoms with van der Waals surface area (Å²) in [5.41, 5.74) is 4.12. The van der Waals surface area contributed by atoms with Crippen molar-refractivity contribution in [2.75, 3.05) is 25.7 Å². The predicted molar refractivity (Wildman–Crippen MR) is 101 cm³/mol. The Kier molecular flexibility index (Phi) is 8.99. The van der Waals surface area contributed by atoms with E-state index in [2.05, 4.69) is 23.5 Å². The minimum absolute atomic E-state index is 0.0852. The SMILES string of the molecule is CCCC(=O)OCC(=O)OCOP(=O)(O)OC[C@H]1O[C@@H](n2ccc(N)nc2=O)C(F)(F)[C@@H]1O. The van der Waals surface area contributed by atoms with E-state index in [1.807, 2.05) is 0 Å². The first-order valence-electron chi connectivity index (χ1n) is 9.36. The van der Waals surface area contributed by atoms with E-state index in [0.717, 1.165) is 12.3 Å². The number of aliphatic hydroxyl groups excluding tert-OH is 1. The molecule has 2 rings (SSSR count). The highest BCUT2D eigenvalue weighted by atomic mass is 31.2. The highest BCUT2D eigenvalue weighted by Gasteiger charge is 2.60. The van der Waals surface area contributed by atoms with Crippen molar-refractivity contribution in [1.82, 2.24) is 9.55 Å². The van der Waals surface area contributed by atoms with Gasteiger partial charge in [0.1, 0.15) is 11.9 Å². The summed E-state index contributed by atoms with van der Waals surface area (Å²) in [6.07, 6.45) is -5.20. The van der Waals surface area contributed by atoms with Crippen LogP contribution in [-0.4, -0.2) is 69.6 Å². The molecular weight excluding hydrogens is 479 g/mol. The van der Waals surface area contributed by atoms with Gasteiger partial charge in [-0.15, -0.1) is 0 Å². The Hall–Kier alpha value is -2.49. The van der Waals surface area contributed by atoms with Crippen molar-refractivity contribution in [3.63, 3.8) is 0 Å². The molecule has 1 aliphatic rings. The van der Waals surface area contributed by atoms with Gasteiger partial charge < -0.3 is 29.9 Å². The fraction of sp³-hybridized carbons (Fsp3) is 0.625. The number of aromatic nitrogens is 2. The maximum atomic E-state index is 14.4. The highest BCUT2D eigenvalue weighted by molar-refractivity contribution is 7.47. The summed E-state index contributed by atoms with van der Waals surface area (Å²) in [6, 6.07) is 1.05. The topological polar surface area (TPSA) is 199 Å². The van der Waals surface area contributed by atoms with Gasteiger partial charge in [-0.3, -0.25) is 13.9 Å². The number of nitrogens with two attached hydrogens (primary N) is 1. The largest absolute Gasteiger partial charge is 0.475 e. The molecule has 0 aromatic carbocycles. The summed E-state index contributed by atoms with van der Waals surface area (Å²) in [6.45, 7) is -1.17. The first kappa shape index (κ1) is 26.8. The normalized spacial score (nSPS) is 23.6. The molecule has 1 unspecified atom stereocenters. The summed E-state index contributed by atoms with van der Waals surface area (Å²) >= 11 is 0. The monoisotopic (exact) mass is 501 g/mol. The zero-order chi connectivity index (χ0) is 24.8. The summed E-state index contributed by atoms with van der Waals surface area (Å²) in [5, 5.41) is 9.84. The Balaban J connectivity index is 1.86. The van der Waals surface area contributed by atoms with Crippen LogP contribution in [0, 0.1) is 0 Å². The molecule has 1 saturated heterocycles. The van der Waals surface area contributed by atoms with Crippen molar-refractivity contribution >= 4 is 25.6 Å². The fourth-order valence-corrected chi connectivity index (χ4v) is 3.13. The van der Waals surface area contributed by atoms with E-state index in [4.69, 9.17) is 10.5 Å². The van der Waals surface area contributed by atoms with E-state index < -0.39 is 69.8 Å². The molecule has 1 fully saturated rings. The Morgan fingerprint density at radius 2 is 2.03 bits per heavy atom. The number of hydrogen-bond donors (Lipinski definition) is 3. The molecule has 17 heteroatoms. The summed E-state index contributed by atoms with van der Waals surface area (Å²) in [4.78, 5) is 47.2. The fourth-order valence-electron chi connectivity index (χ4n) is 2.53. The van der Waals surface area contributed by atoms with Crippen LogP contribution < -0.4 is 11.4 Å². The molecule has 1 aliphatic heterocycles. The second kappa shape index (κ2) is 11.1. The number of ether oxygens (including phenoxy) is 3. The molecule has 4 N–H and O–H groups in total. The first-order chi connectivity index (χ1) is 15.4. The van der Waals surface area contributed by atoms with E-state index in [9.17, 15) is 37.7 Å². The number of carbonyl (C=O) groups excluding carboxylic acids is 2. The van der Waals surface area contributed by atoms with E-state index in [-0.39, 0.29) is 12.2 Å². The molecule has 0 radical (unpaired) electrons. The van der Waals surface area contributed by atoms with Gasteiger partial charge in [-0.2, -0.15) is 13.8 Å². The van der Waals surface area contributed by atoms with Crippen molar-refractivity contribution in [3.8, 4) is 0 Å². The molecule has 33 heavy (non-hydrogen) atoms. The lowest BCUT2D eigenvalue weighted by Gasteiger charge is -2.20. The summed E-state index contributed by atoms with van der Waals surface area (Å²) in [5.74, 6) is -5.95. The quantitative estimate of drug-likeness (QED) is 0.203. The van der Waals surface area contributed by atoms with Crippen LogP contribution in [0.4, 0.5) is 14.6 Å². The second-order valence-corrected chi connectivity index (χ2v) is 8.08. The molecule has 0 aliphatic carbocycles. The Morgan fingerprint density at radius 1 is 1.33 bits per heavy atom. The van der Waals surface area contributed by atoms with Crippen LogP contribution in [0.15, 0.2) is 17.1 Å². The van der Waals surface area contributed by atoms with Gasteiger partial charge in [0.15, 0.2) is 12.7 Å². The van der Waals surface area contributed by atoms with Crippen molar-refractivity contribution < 1.29 is 56.2 Å². The number of esters is 2. The number of phosphoric ester groups is 1. The minimum Gasteiger partial charge on any atom is -0.454 e. The molecule has 0 amide bonds. The van der Waals surface area contributed by atoms with Gasteiger partial charge in [-0.25, -0.2) is 18.7 Å². The number of hydrogen-bond acceptors (Lipinski definition) is 12. The number of rotatable bonds is 11. The third-order valence-electron chi connectivity index (χ3n) is 4.13. The van der Waals surface area contributed by atoms with Crippen molar-refractivity contribution in [1.29, 1.82) is 0 Å². The maximum absolute atomic E-state index is 14.4. The molecular formula is C16H22F2N3O11P. The lowest BCUT2D eigenvalue weighted by Crippen LogP contribution is -2.41. The van der Waals surface area contributed by atoms with Crippen LogP contribution in [0.2, 0.25) is 0 Å². The van der Waals surface area contributed by atoms with Crippen LogP contribution in [0.3, 0.4) is 0 Å². The first-order valence-corrected chi connectivity index (χ1v) is 10.9. The number of alkyl halides is 2. The molecule has 4 atom stereocenters. The van der Waals surface area contributed by atoms with Gasteiger partial charge in [-0.05, 0) is 12.5 Å². The average molecular weight is 501 g/mol. The third kappa shape index (κ3) is 7.25. The van der Waals surface area contributed by atoms with Crippen LogP contribution >= 0.6 is 7.82 Å². The average Bonchev–Trinajstić information content (AvgIpc) is 2.94. The lowest BCUT2D eigenvalue weighted by molar-refractivity contribution is -0.163. The van der Waals surface area contributed by atoms with Crippen LogP contribution in [-0.2, 0) is 37.4 Å². The standard InChI is InChI=1S/C16H22F2N3O11P/c1-2-3-11(22)28-7-12(23)29-8-31-33(26,27)30-6-9-13(24)16(17,18)14(32-9)21-5-4-10(19)20-15(21)25/h4-5,9,13-14,24H,2-3,6-8H2,1H3,(H,26,27)(H2,19,20,25)/t9-,13-,14-/m1/s1. The zero-order valence-electron chi connectivity index (χ0n) is 17.2. The number of phosphoric acid groups is 1. The van der Waals surface area contributed by atoms with Crippen LogP contribution in [0.25, 0.3) is 0 Å². The Bertz CT molecular complexity index is 960.